The van der Waals surface area contributed by atoms with E-state index >= 15 is 0 Å². The van der Waals surface area contributed by atoms with Crippen LogP contribution < -0.4 is 5.32 Å². The van der Waals surface area contributed by atoms with Crippen molar-refractivity contribution in [2.75, 3.05) is 0 Å². The number of rotatable bonds is 1. The van der Waals surface area contributed by atoms with Gasteiger partial charge >= 0.3 is 0 Å². The maximum Gasteiger partial charge on any atom is 0.126 e. The number of benzene rings is 1. The first-order valence-electron chi connectivity index (χ1n) is 5.76. The number of halogens is 2. The highest BCUT2D eigenvalue weighted by Crippen LogP contribution is 2.40. The summed E-state index contributed by atoms with van der Waals surface area (Å²) >= 11 is 0. The molecule has 2 bridgehead atoms. The third-order valence-electron chi connectivity index (χ3n) is 3.92. The zero-order chi connectivity index (χ0) is 10.4. The summed E-state index contributed by atoms with van der Waals surface area (Å²) in [7, 11) is 0. The Morgan fingerprint density at radius 1 is 1.31 bits per heavy atom. The van der Waals surface area contributed by atoms with Gasteiger partial charge in [0, 0.05) is 18.0 Å². The smallest absolute Gasteiger partial charge is 0.126 e. The first-order valence-corrected chi connectivity index (χ1v) is 5.76. The van der Waals surface area contributed by atoms with Gasteiger partial charge in [-0.25, -0.2) is 4.39 Å². The number of nitrogens with one attached hydrogen (secondary N) is 1. The van der Waals surface area contributed by atoms with Gasteiger partial charge in [-0.3, -0.25) is 0 Å². The predicted octanol–water partition coefficient (Wildman–Crippen LogP) is 3.16. The Bertz CT molecular complexity index is 394. The highest BCUT2D eigenvalue weighted by atomic mass is 35.5. The normalized spacial score (nSPS) is 31.5. The van der Waals surface area contributed by atoms with E-state index in [0.29, 0.717) is 18.0 Å². The summed E-state index contributed by atoms with van der Waals surface area (Å²) in [4.78, 5) is 0. The third-order valence-corrected chi connectivity index (χ3v) is 3.92. The average molecular weight is 242 g/mol. The van der Waals surface area contributed by atoms with Crippen LogP contribution in [0.25, 0.3) is 0 Å². The molecule has 2 aliphatic rings. The lowest BCUT2D eigenvalue weighted by Crippen LogP contribution is -2.21. The second kappa shape index (κ2) is 4.34. The maximum absolute atomic E-state index is 13.5. The average Bonchev–Trinajstić information content (AvgIpc) is 2.83. The van der Waals surface area contributed by atoms with Crippen LogP contribution in [0.3, 0.4) is 0 Å². The molecule has 0 amide bonds. The van der Waals surface area contributed by atoms with Crippen LogP contribution in [0.1, 0.15) is 36.3 Å². The molecule has 0 saturated carbocycles. The van der Waals surface area contributed by atoms with E-state index in [2.05, 4.69) is 11.4 Å². The summed E-state index contributed by atoms with van der Waals surface area (Å²) in [5, 5.41) is 3.59. The minimum Gasteiger partial charge on any atom is -0.311 e. The Morgan fingerprint density at radius 2 is 2.12 bits per heavy atom. The number of hydrogen-bond acceptors (Lipinski definition) is 1. The molecule has 1 aromatic rings. The second-order valence-corrected chi connectivity index (χ2v) is 4.90. The van der Waals surface area contributed by atoms with Gasteiger partial charge in [-0.2, -0.15) is 0 Å². The molecule has 0 aromatic heterocycles. The molecule has 16 heavy (non-hydrogen) atoms. The van der Waals surface area contributed by atoms with Crippen molar-refractivity contribution in [3.8, 4) is 0 Å². The molecule has 2 heterocycles. The van der Waals surface area contributed by atoms with Crippen LogP contribution in [0.5, 0.6) is 0 Å². The molecule has 0 spiro atoms. The molecule has 0 aliphatic carbocycles. The van der Waals surface area contributed by atoms with Crippen molar-refractivity contribution in [2.45, 2.75) is 44.2 Å². The highest BCUT2D eigenvalue weighted by molar-refractivity contribution is 5.85. The van der Waals surface area contributed by atoms with E-state index < -0.39 is 0 Å². The first-order chi connectivity index (χ1) is 7.24. The number of aryl methyl sites for hydroxylation is 1. The van der Waals surface area contributed by atoms with Gasteiger partial charge in [0.05, 0.1) is 0 Å². The topological polar surface area (TPSA) is 12.0 Å². The minimum absolute atomic E-state index is 0. The fraction of sp³-hybridized carbons (Fsp3) is 0.538. The van der Waals surface area contributed by atoms with Gasteiger partial charge in [-0.1, -0.05) is 12.1 Å². The second-order valence-electron chi connectivity index (χ2n) is 4.90. The standard InChI is InChI=1S/C13H16FN.ClH/c1-8-2-3-9(6-12(8)14)11-7-10-4-5-13(11)15-10;/h2-3,6,10-11,13,15H,4-5,7H2,1H3;1H. The van der Waals surface area contributed by atoms with Gasteiger partial charge in [-0.15, -0.1) is 12.4 Å². The van der Waals surface area contributed by atoms with E-state index in [1.54, 1.807) is 6.07 Å². The van der Waals surface area contributed by atoms with Crippen molar-refractivity contribution in [3.05, 3.63) is 35.1 Å². The quantitative estimate of drug-likeness (QED) is 0.797. The van der Waals surface area contributed by atoms with E-state index in [0.717, 1.165) is 5.56 Å². The fourth-order valence-electron chi connectivity index (χ4n) is 3.03. The monoisotopic (exact) mass is 241 g/mol. The van der Waals surface area contributed by atoms with Gasteiger partial charge in [0.2, 0.25) is 0 Å². The Kier molecular flexibility index (Phi) is 3.22. The molecular weight excluding hydrogens is 225 g/mol. The summed E-state index contributed by atoms with van der Waals surface area (Å²) in [6, 6.07) is 6.99. The van der Waals surface area contributed by atoms with Crippen molar-refractivity contribution < 1.29 is 4.39 Å². The van der Waals surface area contributed by atoms with Gasteiger partial charge < -0.3 is 5.32 Å². The van der Waals surface area contributed by atoms with Crippen molar-refractivity contribution >= 4 is 12.4 Å². The van der Waals surface area contributed by atoms with Crippen LogP contribution in [0, 0.1) is 12.7 Å². The predicted molar refractivity (Wildman–Crippen MR) is 65.7 cm³/mol. The zero-order valence-corrected chi connectivity index (χ0v) is 10.2. The van der Waals surface area contributed by atoms with Gasteiger partial charge in [0.1, 0.15) is 5.82 Å². The summed E-state index contributed by atoms with van der Waals surface area (Å²) in [5.41, 5.74) is 1.92. The van der Waals surface area contributed by atoms with Crippen LogP contribution in [-0.2, 0) is 0 Å². The molecule has 2 saturated heterocycles. The molecule has 0 radical (unpaired) electrons. The fourth-order valence-corrected chi connectivity index (χ4v) is 3.03. The van der Waals surface area contributed by atoms with E-state index in [4.69, 9.17) is 0 Å². The molecule has 1 nitrogen and oxygen atoms in total. The molecule has 1 N–H and O–H groups in total. The summed E-state index contributed by atoms with van der Waals surface area (Å²) in [5.74, 6) is 0.481. The highest BCUT2D eigenvalue weighted by Gasteiger charge is 2.39. The molecule has 3 heteroatoms. The largest absolute Gasteiger partial charge is 0.311 e. The molecule has 2 aliphatic heterocycles. The van der Waals surface area contributed by atoms with Gasteiger partial charge in [0.25, 0.3) is 0 Å². The third kappa shape index (κ3) is 1.85. The molecule has 3 atom stereocenters. The molecule has 1 aromatic carbocycles. The van der Waals surface area contributed by atoms with E-state index in [1.807, 2.05) is 13.0 Å². The van der Waals surface area contributed by atoms with Crippen LogP contribution >= 0.6 is 12.4 Å². The molecule has 3 unspecified atom stereocenters. The van der Waals surface area contributed by atoms with Crippen LogP contribution in [0.4, 0.5) is 4.39 Å². The van der Waals surface area contributed by atoms with Gasteiger partial charge in [0.15, 0.2) is 0 Å². The van der Waals surface area contributed by atoms with Crippen LogP contribution in [0.2, 0.25) is 0 Å². The van der Waals surface area contributed by atoms with E-state index in [9.17, 15) is 4.39 Å². The molecule has 88 valence electrons. The lowest BCUT2D eigenvalue weighted by atomic mass is 9.84. The van der Waals surface area contributed by atoms with Gasteiger partial charge in [-0.05, 0) is 43.4 Å². The number of hydrogen-bond donors (Lipinski definition) is 1. The van der Waals surface area contributed by atoms with Crippen molar-refractivity contribution in [3.63, 3.8) is 0 Å². The van der Waals surface area contributed by atoms with Crippen LogP contribution in [-0.4, -0.2) is 12.1 Å². The zero-order valence-electron chi connectivity index (χ0n) is 9.37. The molecule has 2 fully saturated rings. The molecular formula is C13H17ClFN. The lowest BCUT2D eigenvalue weighted by molar-refractivity contribution is 0.503. The van der Waals surface area contributed by atoms with Crippen LogP contribution in [0.15, 0.2) is 18.2 Å². The Morgan fingerprint density at radius 3 is 2.69 bits per heavy atom. The summed E-state index contributed by atoms with van der Waals surface area (Å²) < 4.78 is 13.5. The Hall–Kier alpha value is -0.600. The minimum atomic E-state index is -0.0599. The Labute approximate surface area is 102 Å². The van der Waals surface area contributed by atoms with Crippen molar-refractivity contribution in [2.24, 2.45) is 0 Å². The molecule has 3 rings (SSSR count). The van der Waals surface area contributed by atoms with E-state index in [1.165, 1.54) is 24.8 Å². The van der Waals surface area contributed by atoms with Crippen molar-refractivity contribution in [1.29, 1.82) is 0 Å². The summed E-state index contributed by atoms with van der Waals surface area (Å²) in [6.45, 7) is 1.82. The van der Waals surface area contributed by atoms with Crippen molar-refractivity contribution in [1.82, 2.24) is 5.32 Å². The lowest BCUT2D eigenvalue weighted by Gasteiger charge is -2.20. The number of fused-ring (bicyclic) bond motifs is 2. The maximum atomic E-state index is 13.5. The Balaban J connectivity index is 0.000000963. The SMILES string of the molecule is Cc1ccc(C2CC3CCC2N3)cc1F.Cl. The van der Waals surface area contributed by atoms with E-state index in [-0.39, 0.29) is 18.2 Å². The summed E-state index contributed by atoms with van der Waals surface area (Å²) in [6.07, 6.45) is 3.74. The first kappa shape index (κ1) is 11.9.